The molecule has 0 bridgehead atoms. The number of benzene rings is 1. The van der Waals surface area contributed by atoms with Crippen molar-refractivity contribution in [2.24, 2.45) is 5.92 Å². The highest BCUT2D eigenvalue weighted by Gasteiger charge is 2.17. The topological polar surface area (TPSA) is 63.2 Å². The Morgan fingerprint density at radius 1 is 1.50 bits per heavy atom. The molecule has 1 atom stereocenters. The van der Waals surface area contributed by atoms with E-state index in [9.17, 15) is 17.6 Å². The molecule has 7 heteroatoms. The van der Waals surface area contributed by atoms with E-state index in [2.05, 4.69) is 5.32 Å². The Morgan fingerprint density at radius 2 is 2.11 bits per heavy atom. The van der Waals surface area contributed by atoms with Gasteiger partial charge in [0.25, 0.3) is 9.05 Å². The Bertz CT molecular complexity index is 559. The monoisotopic (exact) mass is 293 g/mol. The molecule has 0 aliphatic carbocycles. The van der Waals surface area contributed by atoms with Gasteiger partial charge in [-0.25, -0.2) is 12.8 Å². The minimum atomic E-state index is -4.12. The van der Waals surface area contributed by atoms with Gasteiger partial charge in [-0.1, -0.05) is 13.8 Å². The lowest BCUT2D eigenvalue weighted by molar-refractivity contribution is -0.119. The lowest BCUT2D eigenvalue weighted by Crippen LogP contribution is -2.19. The highest BCUT2D eigenvalue weighted by molar-refractivity contribution is 8.13. The molecule has 0 aliphatic rings. The summed E-state index contributed by atoms with van der Waals surface area (Å²) in [5, 5.41) is 2.50. The zero-order valence-electron chi connectivity index (χ0n) is 9.91. The smallest absolute Gasteiger partial charge is 0.264 e. The van der Waals surface area contributed by atoms with E-state index in [1.165, 1.54) is 6.07 Å². The predicted octanol–water partition coefficient (Wildman–Crippen LogP) is 2.74. The van der Waals surface area contributed by atoms with Gasteiger partial charge < -0.3 is 5.32 Å². The zero-order valence-corrected chi connectivity index (χ0v) is 11.5. The third-order valence-electron chi connectivity index (χ3n) is 2.52. The van der Waals surface area contributed by atoms with Crippen molar-refractivity contribution in [3.8, 4) is 0 Å². The lowest BCUT2D eigenvalue weighted by atomic mass is 10.1. The van der Waals surface area contributed by atoms with Crippen LogP contribution in [0.3, 0.4) is 0 Å². The summed E-state index contributed by atoms with van der Waals surface area (Å²) in [6, 6.07) is 3.23. The number of carbonyl (C=O) groups excluding carboxylic acids is 1. The first-order valence-electron chi connectivity index (χ1n) is 5.30. The molecule has 1 rings (SSSR count). The predicted molar refractivity (Wildman–Crippen MR) is 67.5 cm³/mol. The molecule has 1 amide bonds. The third-order valence-corrected chi connectivity index (χ3v) is 3.88. The van der Waals surface area contributed by atoms with Gasteiger partial charge in [0, 0.05) is 22.3 Å². The van der Waals surface area contributed by atoms with Crippen LogP contribution >= 0.6 is 10.7 Å². The molecule has 1 unspecified atom stereocenters. The molecule has 4 nitrogen and oxygen atoms in total. The van der Waals surface area contributed by atoms with Gasteiger partial charge in [0.05, 0.1) is 0 Å². The molecule has 0 radical (unpaired) electrons. The molecule has 100 valence electrons. The average Bonchev–Trinajstić information content (AvgIpc) is 2.26. The van der Waals surface area contributed by atoms with E-state index in [0.717, 1.165) is 12.1 Å². The molecular formula is C11H13ClFNO3S. The fourth-order valence-corrected chi connectivity index (χ4v) is 2.13. The number of nitrogens with one attached hydrogen (secondary N) is 1. The summed E-state index contributed by atoms with van der Waals surface area (Å²) in [6.07, 6.45) is 0.655. The third kappa shape index (κ3) is 3.68. The van der Waals surface area contributed by atoms with Gasteiger partial charge in [-0.2, -0.15) is 0 Å². The maximum Gasteiger partial charge on any atom is 0.264 e. The Labute approximate surface area is 110 Å². The molecule has 0 heterocycles. The quantitative estimate of drug-likeness (QED) is 0.868. The summed E-state index contributed by atoms with van der Waals surface area (Å²) in [5.74, 6) is -1.45. The number of halogens is 2. The van der Waals surface area contributed by atoms with Gasteiger partial charge in [-0.05, 0) is 24.6 Å². The second kappa shape index (κ2) is 5.67. The number of hydrogen-bond donors (Lipinski definition) is 1. The Hall–Kier alpha value is -1.14. The molecule has 18 heavy (non-hydrogen) atoms. The van der Waals surface area contributed by atoms with E-state index in [4.69, 9.17) is 10.7 Å². The fraction of sp³-hybridized carbons (Fsp3) is 0.364. The molecule has 0 saturated heterocycles. The van der Waals surface area contributed by atoms with Crippen LogP contribution in [0, 0.1) is 11.7 Å². The van der Waals surface area contributed by atoms with Gasteiger partial charge in [-0.3, -0.25) is 4.79 Å². The van der Waals surface area contributed by atoms with E-state index in [-0.39, 0.29) is 17.5 Å². The van der Waals surface area contributed by atoms with Crippen LogP contribution in [0.4, 0.5) is 10.1 Å². The van der Waals surface area contributed by atoms with Crippen molar-refractivity contribution in [2.75, 3.05) is 5.32 Å². The van der Waals surface area contributed by atoms with E-state index < -0.39 is 19.8 Å². The molecule has 1 N–H and O–H groups in total. The number of hydrogen-bond acceptors (Lipinski definition) is 3. The number of anilines is 1. The van der Waals surface area contributed by atoms with E-state index in [1.54, 1.807) is 6.92 Å². The second-order valence-corrected chi connectivity index (χ2v) is 6.42. The zero-order chi connectivity index (χ0) is 13.9. The number of rotatable bonds is 4. The molecule has 0 aliphatic heterocycles. The summed E-state index contributed by atoms with van der Waals surface area (Å²) in [5.41, 5.74) is 0.196. The van der Waals surface area contributed by atoms with Crippen molar-refractivity contribution in [3.05, 3.63) is 24.0 Å². The summed E-state index contributed by atoms with van der Waals surface area (Å²) < 4.78 is 35.4. The van der Waals surface area contributed by atoms with Crippen molar-refractivity contribution in [1.82, 2.24) is 0 Å². The molecule has 0 spiro atoms. The van der Waals surface area contributed by atoms with Crippen LogP contribution in [0.5, 0.6) is 0 Å². The van der Waals surface area contributed by atoms with E-state index in [0.29, 0.717) is 6.42 Å². The fourth-order valence-electron chi connectivity index (χ4n) is 1.23. The minimum absolute atomic E-state index is 0.196. The first-order chi connectivity index (χ1) is 8.25. The van der Waals surface area contributed by atoms with Gasteiger partial charge in [-0.15, -0.1) is 0 Å². The van der Waals surface area contributed by atoms with Gasteiger partial charge in [0.1, 0.15) is 10.7 Å². The summed E-state index contributed by atoms with van der Waals surface area (Å²) in [4.78, 5) is 11.0. The van der Waals surface area contributed by atoms with Crippen LogP contribution < -0.4 is 5.32 Å². The summed E-state index contributed by atoms with van der Waals surface area (Å²) in [7, 11) is 0.924. The van der Waals surface area contributed by atoms with Crippen LogP contribution in [-0.2, 0) is 13.8 Å². The maximum atomic E-state index is 13.5. The van der Waals surface area contributed by atoms with Crippen LogP contribution in [0.2, 0.25) is 0 Å². The highest BCUT2D eigenvalue weighted by Crippen LogP contribution is 2.22. The van der Waals surface area contributed by atoms with Gasteiger partial charge >= 0.3 is 0 Å². The molecule has 0 aromatic heterocycles. The van der Waals surface area contributed by atoms with Crippen LogP contribution in [0.1, 0.15) is 20.3 Å². The van der Waals surface area contributed by atoms with E-state index >= 15 is 0 Å². The van der Waals surface area contributed by atoms with Gasteiger partial charge in [0.15, 0.2) is 0 Å². The number of carbonyl (C=O) groups is 1. The molecule has 0 saturated carbocycles. The van der Waals surface area contributed by atoms with Crippen LogP contribution in [0.25, 0.3) is 0 Å². The molecular weight excluding hydrogens is 281 g/mol. The summed E-state index contributed by atoms with van der Waals surface area (Å²) in [6.45, 7) is 3.59. The number of amides is 1. The van der Waals surface area contributed by atoms with Crippen molar-refractivity contribution < 1.29 is 17.6 Å². The summed E-state index contributed by atoms with van der Waals surface area (Å²) >= 11 is 0. The first-order valence-corrected chi connectivity index (χ1v) is 7.61. The average molecular weight is 294 g/mol. The Kier molecular flexibility index (Phi) is 4.70. The van der Waals surface area contributed by atoms with Gasteiger partial charge in [0.2, 0.25) is 5.91 Å². The maximum absolute atomic E-state index is 13.5. The van der Waals surface area contributed by atoms with Crippen molar-refractivity contribution >= 4 is 31.3 Å². The first kappa shape index (κ1) is 14.9. The SMILES string of the molecule is CCC(C)C(=O)Nc1ccc(S(=O)(=O)Cl)c(F)c1. The van der Waals surface area contributed by atoms with Crippen LogP contribution in [-0.4, -0.2) is 14.3 Å². The molecule has 1 aromatic carbocycles. The highest BCUT2D eigenvalue weighted by atomic mass is 35.7. The van der Waals surface area contributed by atoms with Crippen molar-refractivity contribution in [3.63, 3.8) is 0 Å². The van der Waals surface area contributed by atoms with Crippen molar-refractivity contribution in [1.29, 1.82) is 0 Å². The second-order valence-electron chi connectivity index (χ2n) is 3.88. The largest absolute Gasteiger partial charge is 0.326 e. The lowest BCUT2D eigenvalue weighted by Gasteiger charge is -2.10. The molecule has 0 fully saturated rings. The standard InChI is InChI=1S/C11H13ClFNO3S/c1-3-7(2)11(15)14-8-4-5-10(9(13)6-8)18(12,16)17/h4-7H,3H2,1-2H3,(H,14,15). The Balaban J connectivity index is 2.96. The normalized spacial score (nSPS) is 13.1. The minimum Gasteiger partial charge on any atom is -0.326 e. The Morgan fingerprint density at radius 3 is 2.56 bits per heavy atom. The van der Waals surface area contributed by atoms with Crippen LogP contribution in [0.15, 0.2) is 23.1 Å². The van der Waals surface area contributed by atoms with Crippen molar-refractivity contribution in [2.45, 2.75) is 25.2 Å². The van der Waals surface area contributed by atoms with E-state index in [1.807, 2.05) is 6.92 Å². The molecule has 1 aromatic rings.